The lowest BCUT2D eigenvalue weighted by molar-refractivity contribution is 0.389. The molecule has 1 aromatic rings. The molecular formula is C17H28N2. The van der Waals surface area contributed by atoms with Crippen LogP contribution in [-0.4, -0.2) is 19.1 Å². The number of para-hydroxylation sites is 1. The van der Waals surface area contributed by atoms with Crippen molar-refractivity contribution < 1.29 is 0 Å². The SMILES string of the molecule is CCc1cccc(CC)c1NCCC1CCCCN1. The van der Waals surface area contributed by atoms with Gasteiger partial charge in [-0.25, -0.2) is 0 Å². The van der Waals surface area contributed by atoms with Crippen LogP contribution in [0.5, 0.6) is 0 Å². The lowest BCUT2D eigenvalue weighted by atomic mass is 10.0. The average molecular weight is 260 g/mol. The van der Waals surface area contributed by atoms with Crippen LogP contribution in [0.4, 0.5) is 5.69 Å². The second kappa shape index (κ2) is 7.54. The third kappa shape index (κ3) is 3.97. The van der Waals surface area contributed by atoms with Gasteiger partial charge in [0.15, 0.2) is 0 Å². The van der Waals surface area contributed by atoms with E-state index in [1.807, 2.05) is 0 Å². The minimum Gasteiger partial charge on any atom is -0.385 e. The lowest BCUT2D eigenvalue weighted by Gasteiger charge is -2.24. The van der Waals surface area contributed by atoms with Crippen LogP contribution in [0.25, 0.3) is 0 Å². The van der Waals surface area contributed by atoms with Crippen LogP contribution < -0.4 is 10.6 Å². The summed E-state index contributed by atoms with van der Waals surface area (Å²) >= 11 is 0. The normalized spacial score (nSPS) is 19.4. The quantitative estimate of drug-likeness (QED) is 0.814. The fraction of sp³-hybridized carbons (Fsp3) is 0.647. The van der Waals surface area contributed by atoms with Crippen molar-refractivity contribution in [2.24, 2.45) is 0 Å². The predicted octanol–water partition coefficient (Wildman–Crippen LogP) is 3.76. The van der Waals surface area contributed by atoms with Gasteiger partial charge >= 0.3 is 0 Å². The maximum absolute atomic E-state index is 3.69. The van der Waals surface area contributed by atoms with Gasteiger partial charge in [0.05, 0.1) is 0 Å². The smallest absolute Gasteiger partial charge is 0.0405 e. The largest absolute Gasteiger partial charge is 0.385 e. The van der Waals surface area contributed by atoms with E-state index in [1.54, 1.807) is 0 Å². The standard InChI is InChI=1S/C17H28N2/c1-3-14-8-7-9-15(4-2)17(14)19-13-11-16-10-5-6-12-18-16/h7-9,16,18-19H,3-6,10-13H2,1-2H3. The summed E-state index contributed by atoms with van der Waals surface area (Å²) in [5, 5.41) is 7.31. The van der Waals surface area contributed by atoms with Gasteiger partial charge in [-0.05, 0) is 49.8 Å². The molecule has 0 aromatic heterocycles. The molecule has 19 heavy (non-hydrogen) atoms. The zero-order valence-electron chi connectivity index (χ0n) is 12.5. The van der Waals surface area contributed by atoms with Crippen LogP contribution in [0.1, 0.15) is 50.7 Å². The number of aryl methyl sites for hydroxylation is 2. The van der Waals surface area contributed by atoms with Crippen molar-refractivity contribution in [3.8, 4) is 0 Å². The van der Waals surface area contributed by atoms with Gasteiger partial charge < -0.3 is 10.6 Å². The molecule has 1 aliphatic rings. The highest BCUT2D eigenvalue weighted by atomic mass is 14.9. The molecule has 2 nitrogen and oxygen atoms in total. The molecule has 1 unspecified atom stereocenters. The second-order valence-electron chi connectivity index (χ2n) is 5.52. The Hall–Kier alpha value is -1.02. The third-order valence-electron chi connectivity index (χ3n) is 4.21. The van der Waals surface area contributed by atoms with E-state index in [0.29, 0.717) is 0 Å². The number of piperidine rings is 1. The highest BCUT2D eigenvalue weighted by Gasteiger charge is 2.12. The summed E-state index contributed by atoms with van der Waals surface area (Å²) in [5.74, 6) is 0. The van der Waals surface area contributed by atoms with Gasteiger partial charge in [-0.3, -0.25) is 0 Å². The molecule has 1 aliphatic heterocycles. The van der Waals surface area contributed by atoms with Gasteiger partial charge in [0.2, 0.25) is 0 Å². The van der Waals surface area contributed by atoms with E-state index in [-0.39, 0.29) is 0 Å². The molecule has 0 saturated carbocycles. The van der Waals surface area contributed by atoms with E-state index in [0.717, 1.165) is 25.4 Å². The average Bonchev–Trinajstić information content (AvgIpc) is 2.48. The number of anilines is 1. The first-order valence-corrected chi connectivity index (χ1v) is 7.93. The number of hydrogen-bond donors (Lipinski definition) is 2. The Morgan fingerprint density at radius 3 is 2.47 bits per heavy atom. The van der Waals surface area contributed by atoms with Gasteiger partial charge in [-0.15, -0.1) is 0 Å². The topological polar surface area (TPSA) is 24.1 Å². The van der Waals surface area contributed by atoms with E-state index in [1.165, 1.54) is 49.0 Å². The summed E-state index contributed by atoms with van der Waals surface area (Å²) in [4.78, 5) is 0. The minimum absolute atomic E-state index is 0.722. The Kier molecular flexibility index (Phi) is 5.71. The number of nitrogens with one attached hydrogen (secondary N) is 2. The first kappa shape index (κ1) is 14.4. The van der Waals surface area contributed by atoms with Crippen molar-refractivity contribution in [1.82, 2.24) is 5.32 Å². The van der Waals surface area contributed by atoms with Gasteiger partial charge in [-0.1, -0.05) is 38.5 Å². The van der Waals surface area contributed by atoms with Crippen LogP contribution in [-0.2, 0) is 12.8 Å². The first-order valence-electron chi connectivity index (χ1n) is 7.93. The van der Waals surface area contributed by atoms with E-state index in [4.69, 9.17) is 0 Å². The monoisotopic (exact) mass is 260 g/mol. The van der Waals surface area contributed by atoms with Crippen molar-refractivity contribution in [3.05, 3.63) is 29.3 Å². The van der Waals surface area contributed by atoms with Gasteiger partial charge in [0.25, 0.3) is 0 Å². The van der Waals surface area contributed by atoms with E-state index >= 15 is 0 Å². The molecule has 1 fully saturated rings. The first-order chi connectivity index (χ1) is 9.35. The van der Waals surface area contributed by atoms with Crippen LogP contribution in [0.15, 0.2) is 18.2 Å². The van der Waals surface area contributed by atoms with E-state index in [9.17, 15) is 0 Å². The molecule has 2 rings (SSSR count). The number of rotatable bonds is 6. The van der Waals surface area contributed by atoms with Crippen LogP contribution in [0, 0.1) is 0 Å². The summed E-state index contributed by atoms with van der Waals surface area (Å²) in [5.41, 5.74) is 4.30. The molecule has 106 valence electrons. The Morgan fingerprint density at radius 1 is 1.16 bits per heavy atom. The zero-order chi connectivity index (χ0) is 13.5. The van der Waals surface area contributed by atoms with Crippen LogP contribution >= 0.6 is 0 Å². The van der Waals surface area contributed by atoms with Gasteiger partial charge in [0.1, 0.15) is 0 Å². The molecule has 1 saturated heterocycles. The van der Waals surface area contributed by atoms with Crippen LogP contribution in [0.3, 0.4) is 0 Å². The van der Waals surface area contributed by atoms with Crippen molar-refractivity contribution >= 4 is 5.69 Å². The highest BCUT2D eigenvalue weighted by Crippen LogP contribution is 2.22. The molecule has 0 spiro atoms. The molecule has 1 heterocycles. The molecule has 2 N–H and O–H groups in total. The maximum Gasteiger partial charge on any atom is 0.0405 e. The van der Waals surface area contributed by atoms with Crippen molar-refractivity contribution in [3.63, 3.8) is 0 Å². The molecule has 0 radical (unpaired) electrons. The third-order valence-corrected chi connectivity index (χ3v) is 4.21. The Balaban J connectivity index is 1.90. The number of benzene rings is 1. The Bertz CT molecular complexity index is 359. The summed E-state index contributed by atoms with van der Waals surface area (Å²) in [6.07, 6.45) is 7.54. The summed E-state index contributed by atoms with van der Waals surface area (Å²) in [6, 6.07) is 7.41. The predicted molar refractivity (Wildman–Crippen MR) is 83.9 cm³/mol. The lowest BCUT2D eigenvalue weighted by Crippen LogP contribution is -2.35. The fourth-order valence-corrected chi connectivity index (χ4v) is 3.01. The van der Waals surface area contributed by atoms with Crippen LogP contribution in [0.2, 0.25) is 0 Å². The molecule has 0 amide bonds. The molecule has 0 bridgehead atoms. The number of hydrogen-bond acceptors (Lipinski definition) is 2. The minimum atomic E-state index is 0.722. The van der Waals surface area contributed by atoms with Crippen molar-refractivity contribution in [2.45, 2.75) is 58.4 Å². The maximum atomic E-state index is 3.69. The molecule has 1 atom stereocenters. The molecule has 0 aliphatic carbocycles. The van der Waals surface area contributed by atoms with Gasteiger partial charge in [0, 0.05) is 18.3 Å². The zero-order valence-corrected chi connectivity index (χ0v) is 12.5. The highest BCUT2D eigenvalue weighted by molar-refractivity contribution is 5.57. The van der Waals surface area contributed by atoms with E-state index < -0.39 is 0 Å². The summed E-state index contributed by atoms with van der Waals surface area (Å²) in [6.45, 7) is 6.77. The molecule has 2 heteroatoms. The molecular weight excluding hydrogens is 232 g/mol. The second-order valence-corrected chi connectivity index (χ2v) is 5.52. The van der Waals surface area contributed by atoms with Gasteiger partial charge in [-0.2, -0.15) is 0 Å². The van der Waals surface area contributed by atoms with Crippen molar-refractivity contribution in [2.75, 3.05) is 18.4 Å². The summed E-state index contributed by atoms with van der Waals surface area (Å²) < 4.78 is 0. The fourth-order valence-electron chi connectivity index (χ4n) is 3.01. The van der Waals surface area contributed by atoms with E-state index in [2.05, 4.69) is 42.7 Å². The Labute approximate surface area is 118 Å². The summed E-state index contributed by atoms with van der Waals surface area (Å²) in [7, 11) is 0. The molecule has 1 aromatic carbocycles. The van der Waals surface area contributed by atoms with Crippen molar-refractivity contribution in [1.29, 1.82) is 0 Å². The Morgan fingerprint density at radius 2 is 1.89 bits per heavy atom.